The van der Waals surface area contributed by atoms with Crippen molar-refractivity contribution < 1.29 is 13.2 Å². The van der Waals surface area contributed by atoms with Crippen LogP contribution in [0.3, 0.4) is 0 Å². The van der Waals surface area contributed by atoms with Crippen LogP contribution in [0.25, 0.3) is 0 Å². The van der Waals surface area contributed by atoms with E-state index in [1.807, 2.05) is 18.4 Å². The molecule has 1 heterocycles. The minimum atomic E-state index is -4.29. The molecule has 0 amide bonds. The predicted octanol–water partition coefficient (Wildman–Crippen LogP) is 5.27. The van der Waals surface area contributed by atoms with Crippen molar-refractivity contribution in [1.82, 2.24) is 5.32 Å². The van der Waals surface area contributed by atoms with E-state index in [-0.39, 0.29) is 6.04 Å². The number of hydrogen-bond donors (Lipinski definition) is 1. The van der Waals surface area contributed by atoms with Gasteiger partial charge in [-0.05, 0) is 30.7 Å². The summed E-state index contributed by atoms with van der Waals surface area (Å²) in [6.07, 6.45) is -4.29. The van der Waals surface area contributed by atoms with Crippen molar-refractivity contribution in [3.8, 4) is 0 Å². The number of rotatable bonds is 4. The molecule has 1 nitrogen and oxygen atoms in total. The van der Waals surface area contributed by atoms with E-state index in [4.69, 9.17) is 11.6 Å². The van der Waals surface area contributed by atoms with Crippen LogP contribution < -0.4 is 5.32 Å². The van der Waals surface area contributed by atoms with Gasteiger partial charge in [0.05, 0.1) is 10.6 Å². The molecule has 0 aliphatic carbocycles. The first kappa shape index (κ1) is 15.4. The summed E-state index contributed by atoms with van der Waals surface area (Å²) >= 11 is 7.38. The van der Waals surface area contributed by atoms with Crippen LogP contribution >= 0.6 is 22.9 Å². The lowest BCUT2D eigenvalue weighted by Crippen LogP contribution is -2.17. The van der Waals surface area contributed by atoms with Crippen molar-refractivity contribution in [1.29, 1.82) is 0 Å². The van der Waals surface area contributed by atoms with Crippen LogP contribution in [0, 0.1) is 0 Å². The highest BCUT2D eigenvalue weighted by molar-refractivity contribution is 7.10. The Kier molecular flexibility index (Phi) is 4.73. The van der Waals surface area contributed by atoms with Crippen LogP contribution in [-0.2, 0) is 12.7 Å². The lowest BCUT2D eigenvalue weighted by molar-refractivity contribution is -0.137. The average molecular weight is 320 g/mol. The smallest absolute Gasteiger partial charge is 0.305 e. The van der Waals surface area contributed by atoms with Gasteiger partial charge in [0.2, 0.25) is 0 Å². The Hall–Kier alpha value is -1.04. The van der Waals surface area contributed by atoms with Crippen LogP contribution in [-0.4, -0.2) is 0 Å². The Morgan fingerprint density at radius 1 is 1.25 bits per heavy atom. The van der Waals surface area contributed by atoms with E-state index in [1.54, 1.807) is 11.3 Å². The summed E-state index contributed by atoms with van der Waals surface area (Å²) < 4.78 is 37.4. The summed E-state index contributed by atoms with van der Waals surface area (Å²) in [5.74, 6) is 0. The molecule has 108 valence electrons. The van der Waals surface area contributed by atoms with E-state index in [1.165, 1.54) is 12.1 Å². The van der Waals surface area contributed by atoms with Gasteiger partial charge >= 0.3 is 6.18 Å². The number of halogens is 4. The standard InChI is InChI=1S/C14H13ClF3NS/c1-9(19-7-13-6-12(15)8-20-13)10-2-4-11(5-3-10)14(16,17)18/h2-6,8-9,19H,7H2,1H3/t9-/m0/s1. The molecular weight excluding hydrogens is 307 g/mol. The van der Waals surface area contributed by atoms with Gasteiger partial charge in [0, 0.05) is 22.8 Å². The van der Waals surface area contributed by atoms with Crippen LogP contribution in [0.15, 0.2) is 35.7 Å². The summed E-state index contributed by atoms with van der Waals surface area (Å²) in [7, 11) is 0. The van der Waals surface area contributed by atoms with Gasteiger partial charge in [-0.3, -0.25) is 0 Å². The highest BCUT2D eigenvalue weighted by atomic mass is 35.5. The molecule has 0 spiro atoms. The molecule has 0 saturated heterocycles. The molecule has 2 rings (SSSR count). The lowest BCUT2D eigenvalue weighted by atomic mass is 10.1. The van der Waals surface area contributed by atoms with E-state index in [0.717, 1.165) is 22.6 Å². The van der Waals surface area contributed by atoms with Gasteiger partial charge in [0.25, 0.3) is 0 Å². The van der Waals surface area contributed by atoms with Crippen LogP contribution in [0.1, 0.15) is 29.0 Å². The van der Waals surface area contributed by atoms with E-state index in [9.17, 15) is 13.2 Å². The zero-order chi connectivity index (χ0) is 14.8. The third-order valence-corrected chi connectivity index (χ3v) is 4.23. The lowest BCUT2D eigenvalue weighted by Gasteiger charge is -2.15. The summed E-state index contributed by atoms with van der Waals surface area (Å²) in [4.78, 5) is 1.09. The monoisotopic (exact) mass is 319 g/mol. The summed E-state index contributed by atoms with van der Waals surface area (Å²) in [5.41, 5.74) is 0.194. The maximum atomic E-state index is 12.5. The molecule has 6 heteroatoms. The third kappa shape index (κ3) is 3.98. The molecule has 0 unspecified atom stereocenters. The first-order valence-corrected chi connectivity index (χ1v) is 7.25. The quantitative estimate of drug-likeness (QED) is 0.809. The van der Waals surface area contributed by atoms with Crippen molar-refractivity contribution in [2.24, 2.45) is 0 Å². The van der Waals surface area contributed by atoms with Crippen molar-refractivity contribution in [2.75, 3.05) is 0 Å². The van der Waals surface area contributed by atoms with Crippen LogP contribution in [0.2, 0.25) is 5.02 Å². The molecule has 20 heavy (non-hydrogen) atoms. The number of hydrogen-bond acceptors (Lipinski definition) is 2. The minimum Gasteiger partial charge on any atom is -0.305 e. The zero-order valence-corrected chi connectivity index (χ0v) is 12.2. The Bertz CT molecular complexity index is 563. The van der Waals surface area contributed by atoms with Crippen molar-refractivity contribution in [3.05, 3.63) is 56.7 Å². The maximum Gasteiger partial charge on any atom is 0.416 e. The Labute approximate surface area is 124 Å². The SMILES string of the molecule is C[C@H](NCc1cc(Cl)cs1)c1ccc(C(F)(F)F)cc1. The Morgan fingerprint density at radius 2 is 1.90 bits per heavy atom. The highest BCUT2D eigenvalue weighted by Gasteiger charge is 2.30. The normalized spacial score (nSPS) is 13.4. The number of nitrogens with one attached hydrogen (secondary N) is 1. The molecule has 0 aliphatic rings. The molecule has 0 fully saturated rings. The van der Waals surface area contributed by atoms with E-state index in [2.05, 4.69) is 5.32 Å². The van der Waals surface area contributed by atoms with E-state index in [0.29, 0.717) is 11.6 Å². The van der Waals surface area contributed by atoms with E-state index < -0.39 is 11.7 Å². The predicted molar refractivity (Wildman–Crippen MR) is 76.0 cm³/mol. The van der Waals surface area contributed by atoms with Gasteiger partial charge in [-0.15, -0.1) is 11.3 Å². The summed E-state index contributed by atoms with van der Waals surface area (Å²) in [6.45, 7) is 2.55. The average Bonchev–Trinajstić information content (AvgIpc) is 2.81. The second-order valence-corrected chi connectivity index (χ2v) is 5.89. The number of alkyl halides is 3. The van der Waals surface area contributed by atoms with Gasteiger partial charge < -0.3 is 5.32 Å². The number of thiophene rings is 1. The fraction of sp³-hybridized carbons (Fsp3) is 0.286. The number of benzene rings is 1. The fourth-order valence-corrected chi connectivity index (χ4v) is 2.80. The van der Waals surface area contributed by atoms with Crippen LogP contribution in [0.5, 0.6) is 0 Å². The van der Waals surface area contributed by atoms with Crippen molar-refractivity contribution in [2.45, 2.75) is 25.7 Å². The first-order chi connectivity index (χ1) is 9.36. The van der Waals surface area contributed by atoms with E-state index >= 15 is 0 Å². The largest absolute Gasteiger partial charge is 0.416 e. The van der Waals surface area contributed by atoms with Gasteiger partial charge in [-0.1, -0.05) is 23.7 Å². The minimum absolute atomic E-state index is 0.0295. The molecule has 1 atom stereocenters. The second kappa shape index (κ2) is 6.16. The maximum absolute atomic E-state index is 12.5. The molecular formula is C14H13ClF3NS. The molecule has 0 radical (unpaired) electrons. The van der Waals surface area contributed by atoms with Gasteiger partial charge in [0.15, 0.2) is 0 Å². The highest BCUT2D eigenvalue weighted by Crippen LogP contribution is 2.30. The first-order valence-electron chi connectivity index (χ1n) is 5.99. The molecule has 1 N–H and O–H groups in total. The zero-order valence-electron chi connectivity index (χ0n) is 10.7. The molecule has 0 aliphatic heterocycles. The van der Waals surface area contributed by atoms with Crippen molar-refractivity contribution >= 4 is 22.9 Å². The Balaban J connectivity index is 1.97. The second-order valence-electron chi connectivity index (χ2n) is 4.45. The van der Waals surface area contributed by atoms with Gasteiger partial charge in [-0.25, -0.2) is 0 Å². The topological polar surface area (TPSA) is 12.0 Å². The van der Waals surface area contributed by atoms with Crippen LogP contribution in [0.4, 0.5) is 13.2 Å². The van der Waals surface area contributed by atoms with Gasteiger partial charge in [-0.2, -0.15) is 13.2 Å². The van der Waals surface area contributed by atoms with Gasteiger partial charge in [0.1, 0.15) is 0 Å². The molecule has 1 aromatic heterocycles. The summed E-state index contributed by atoms with van der Waals surface area (Å²) in [6, 6.07) is 7.06. The third-order valence-electron chi connectivity index (χ3n) is 2.94. The molecule has 2 aromatic rings. The molecule has 1 aromatic carbocycles. The molecule has 0 saturated carbocycles. The van der Waals surface area contributed by atoms with Crippen molar-refractivity contribution in [3.63, 3.8) is 0 Å². The summed E-state index contributed by atoms with van der Waals surface area (Å²) in [5, 5.41) is 5.81. The fourth-order valence-electron chi connectivity index (χ4n) is 1.78. The molecule has 0 bridgehead atoms. The Morgan fingerprint density at radius 3 is 2.40 bits per heavy atom.